The van der Waals surface area contributed by atoms with Gasteiger partial charge in [0.05, 0.1) is 0 Å². The molecular weight excluding hydrogens is 204 g/mol. The summed E-state index contributed by atoms with van der Waals surface area (Å²) < 4.78 is 0. The van der Waals surface area contributed by atoms with E-state index in [-0.39, 0.29) is 0 Å². The Kier molecular flexibility index (Phi) is 3.98. The zero-order valence-electron chi connectivity index (χ0n) is 10.6. The lowest BCUT2D eigenvalue weighted by molar-refractivity contribution is 0.618. The Labute approximate surface area is 104 Å². The average molecular weight is 223 g/mol. The first kappa shape index (κ1) is 11.9. The van der Waals surface area contributed by atoms with Gasteiger partial charge in [0.15, 0.2) is 0 Å². The molecule has 2 aromatic carbocycles. The molecule has 0 atom stereocenters. The second-order valence-electron chi connectivity index (χ2n) is 4.81. The Balaban J connectivity index is 2.32. The highest BCUT2D eigenvalue weighted by atomic mass is 14.2. The summed E-state index contributed by atoms with van der Waals surface area (Å²) in [6.07, 6.45) is 1.12. The predicted octanol–water partition coefficient (Wildman–Crippen LogP) is 4.70. The zero-order chi connectivity index (χ0) is 12.1. The molecule has 1 radical (unpaired) electrons. The molecule has 0 N–H and O–H groups in total. The first-order valence-corrected chi connectivity index (χ1v) is 6.24. The molecule has 0 aliphatic rings. The Hall–Kier alpha value is -1.56. The molecular formula is C17H19. The minimum atomic E-state index is 0.672. The van der Waals surface area contributed by atoms with Crippen LogP contribution < -0.4 is 0 Å². The van der Waals surface area contributed by atoms with Crippen molar-refractivity contribution in [3.8, 4) is 0 Å². The third-order valence-corrected chi connectivity index (χ3v) is 2.86. The monoisotopic (exact) mass is 223 g/mol. The lowest BCUT2D eigenvalue weighted by atomic mass is 9.85. The van der Waals surface area contributed by atoms with Gasteiger partial charge < -0.3 is 0 Å². The third-order valence-electron chi connectivity index (χ3n) is 2.86. The van der Waals surface area contributed by atoms with Crippen molar-refractivity contribution in [3.05, 3.63) is 77.7 Å². The molecule has 0 aromatic heterocycles. The quantitative estimate of drug-likeness (QED) is 0.704. The second-order valence-corrected chi connectivity index (χ2v) is 4.81. The minimum absolute atomic E-state index is 0.672. The average Bonchev–Trinajstić information content (AvgIpc) is 2.38. The van der Waals surface area contributed by atoms with E-state index in [1.807, 2.05) is 0 Å². The van der Waals surface area contributed by atoms with Crippen LogP contribution in [0.2, 0.25) is 0 Å². The second kappa shape index (κ2) is 5.67. The Morgan fingerprint density at radius 1 is 0.765 bits per heavy atom. The fraction of sp³-hybridized carbons (Fsp3) is 0.235. The van der Waals surface area contributed by atoms with Crippen LogP contribution in [0.3, 0.4) is 0 Å². The maximum Gasteiger partial charge on any atom is 0.0342 e. The number of rotatable bonds is 4. The standard InChI is InChI=1S/C17H19/c1-14(2)13-17(15-9-5-3-6-10-15)16-11-7-4-8-12-16/h3-12,14H,13H2,1-2H3. The summed E-state index contributed by atoms with van der Waals surface area (Å²) in [7, 11) is 0. The fourth-order valence-corrected chi connectivity index (χ4v) is 2.09. The summed E-state index contributed by atoms with van der Waals surface area (Å²) in [5.41, 5.74) is 2.68. The molecule has 2 aromatic rings. The lowest BCUT2D eigenvalue weighted by Gasteiger charge is -2.19. The maximum absolute atomic E-state index is 2.27. The Bertz CT molecular complexity index is 389. The maximum atomic E-state index is 2.27. The van der Waals surface area contributed by atoms with Crippen molar-refractivity contribution >= 4 is 0 Å². The van der Waals surface area contributed by atoms with Crippen molar-refractivity contribution in [2.75, 3.05) is 0 Å². The molecule has 0 saturated heterocycles. The van der Waals surface area contributed by atoms with Gasteiger partial charge >= 0.3 is 0 Å². The van der Waals surface area contributed by atoms with Gasteiger partial charge in [-0.2, -0.15) is 0 Å². The Morgan fingerprint density at radius 3 is 1.53 bits per heavy atom. The molecule has 0 nitrogen and oxygen atoms in total. The van der Waals surface area contributed by atoms with Gasteiger partial charge in [0, 0.05) is 5.92 Å². The van der Waals surface area contributed by atoms with E-state index < -0.39 is 0 Å². The van der Waals surface area contributed by atoms with Crippen molar-refractivity contribution in [2.45, 2.75) is 20.3 Å². The van der Waals surface area contributed by atoms with E-state index in [0.29, 0.717) is 5.92 Å². The van der Waals surface area contributed by atoms with Crippen molar-refractivity contribution in [1.29, 1.82) is 0 Å². The van der Waals surface area contributed by atoms with Gasteiger partial charge in [-0.05, 0) is 23.5 Å². The highest BCUT2D eigenvalue weighted by Crippen LogP contribution is 2.29. The van der Waals surface area contributed by atoms with Crippen molar-refractivity contribution in [2.24, 2.45) is 5.92 Å². The first-order valence-electron chi connectivity index (χ1n) is 6.24. The van der Waals surface area contributed by atoms with E-state index in [1.165, 1.54) is 17.0 Å². The van der Waals surface area contributed by atoms with Gasteiger partial charge in [0.2, 0.25) is 0 Å². The molecule has 0 spiro atoms. The molecule has 0 unspecified atom stereocenters. The summed E-state index contributed by atoms with van der Waals surface area (Å²) in [5, 5.41) is 0. The van der Waals surface area contributed by atoms with Crippen LogP contribution in [-0.4, -0.2) is 0 Å². The Morgan fingerprint density at radius 2 is 1.18 bits per heavy atom. The van der Waals surface area contributed by atoms with Crippen LogP contribution in [0.5, 0.6) is 0 Å². The zero-order valence-corrected chi connectivity index (χ0v) is 10.6. The smallest absolute Gasteiger partial charge is 0.0342 e. The predicted molar refractivity (Wildman–Crippen MR) is 73.8 cm³/mol. The molecule has 0 amide bonds. The molecule has 0 bridgehead atoms. The summed E-state index contributed by atoms with van der Waals surface area (Å²) in [6, 6.07) is 21.4. The minimum Gasteiger partial charge on any atom is -0.0627 e. The van der Waals surface area contributed by atoms with Gasteiger partial charge in [-0.1, -0.05) is 74.5 Å². The lowest BCUT2D eigenvalue weighted by Crippen LogP contribution is -2.05. The first-order chi connectivity index (χ1) is 8.27. The van der Waals surface area contributed by atoms with Crippen LogP contribution in [-0.2, 0) is 0 Å². The highest BCUT2D eigenvalue weighted by molar-refractivity contribution is 5.45. The van der Waals surface area contributed by atoms with Gasteiger partial charge in [-0.15, -0.1) is 0 Å². The molecule has 0 saturated carbocycles. The van der Waals surface area contributed by atoms with Crippen LogP contribution in [0, 0.1) is 11.8 Å². The molecule has 0 heteroatoms. The summed E-state index contributed by atoms with van der Waals surface area (Å²) in [4.78, 5) is 0. The molecule has 0 aliphatic carbocycles. The third kappa shape index (κ3) is 3.20. The SMILES string of the molecule is CC(C)C[C](c1ccccc1)c1ccccc1. The number of benzene rings is 2. The van der Waals surface area contributed by atoms with Crippen LogP contribution in [0.25, 0.3) is 0 Å². The molecule has 17 heavy (non-hydrogen) atoms. The van der Waals surface area contributed by atoms with Crippen LogP contribution >= 0.6 is 0 Å². The molecule has 2 rings (SSSR count). The topological polar surface area (TPSA) is 0 Å². The van der Waals surface area contributed by atoms with Crippen molar-refractivity contribution in [1.82, 2.24) is 0 Å². The van der Waals surface area contributed by atoms with E-state index in [4.69, 9.17) is 0 Å². The fourth-order valence-electron chi connectivity index (χ4n) is 2.09. The van der Waals surface area contributed by atoms with E-state index >= 15 is 0 Å². The van der Waals surface area contributed by atoms with E-state index in [0.717, 1.165) is 6.42 Å². The van der Waals surface area contributed by atoms with Gasteiger partial charge in [0.25, 0.3) is 0 Å². The molecule has 0 heterocycles. The highest BCUT2D eigenvalue weighted by Gasteiger charge is 2.15. The summed E-state index contributed by atoms with van der Waals surface area (Å²) in [6.45, 7) is 4.54. The largest absolute Gasteiger partial charge is 0.0627 e. The number of hydrogen-bond donors (Lipinski definition) is 0. The van der Waals surface area contributed by atoms with E-state index in [2.05, 4.69) is 74.5 Å². The molecule has 87 valence electrons. The van der Waals surface area contributed by atoms with Gasteiger partial charge in [-0.25, -0.2) is 0 Å². The van der Waals surface area contributed by atoms with E-state index in [9.17, 15) is 0 Å². The van der Waals surface area contributed by atoms with Gasteiger partial charge in [0.1, 0.15) is 0 Å². The van der Waals surface area contributed by atoms with Gasteiger partial charge in [-0.3, -0.25) is 0 Å². The van der Waals surface area contributed by atoms with Crippen molar-refractivity contribution in [3.63, 3.8) is 0 Å². The molecule has 0 fully saturated rings. The summed E-state index contributed by atoms with van der Waals surface area (Å²) >= 11 is 0. The van der Waals surface area contributed by atoms with E-state index in [1.54, 1.807) is 0 Å². The normalized spacial score (nSPS) is 11.1. The van der Waals surface area contributed by atoms with Crippen LogP contribution in [0.1, 0.15) is 31.4 Å². The molecule has 0 aliphatic heterocycles. The number of hydrogen-bond acceptors (Lipinski definition) is 0. The summed E-state index contributed by atoms with van der Waals surface area (Å²) in [5.74, 6) is 2.12. The van der Waals surface area contributed by atoms with Crippen molar-refractivity contribution < 1.29 is 0 Å². The van der Waals surface area contributed by atoms with Crippen LogP contribution in [0.15, 0.2) is 60.7 Å². The van der Waals surface area contributed by atoms with Crippen LogP contribution in [0.4, 0.5) is 0 Å².